The van der Waals surface area contributed by atoms with Crippen molar-refractivity contribution in [3.63, 3.8) is 0 Å². The molecule has 1 N–H and O–H groups in total. The van der Waals surface area contributed by atoms with Crippen molar-refractivity contribution >= 4 is 21.6 Å². The Labute approximate surface area is 125 Å². The Morgan fingerprint density at radius 3 is 2.70 bits per heavy atom. The van der Waals surface area contributed by atoms with E-state index in [1.54, 1.807) is 12.4 Å². The smallest absolute Gasteiger partial charge is 0.283 e. The average molecular weight is 340 g/mol. The summed E-state index contributed by atoms with van der Waals surface area (Å²) in [6.45, 7) is 6.59. The van der Waals surface area contributed by atoms with Gasteiger partial charge < -0.3 is 5.32 Å². The normalized spacial score (nSPS) is 12.7. The van der Waals surface area contributed by atoms with Crippen LogP contribution in [0.2, 0.25) is 0 Å². The third-order valence-electron chi connectivity index (χ3n) is 2.85. The van der Waals surface area contributed by atoms with Gasteiger partial charge in [-0.25, -0.2) is 4.68 Å². The number of nitrogens with one attached hydrogen (secondary N) is 1. The highest BCUT2D eigenvalue weighted by atomic mass is 79.9. The van der Waals surface area contributed by atoms with Crippen LogP contribution in [-0.2, 0) is 6.54 Å². The second-order valence-corrected chi connectivity index (χ2v) is 5.78. The Bertz CT molecular complexity index is 620. The molecule has 2 heterocycles. The lowest BCUT2D eigenvalue weighted by Crippen LogP contribution is -2.28. The van der Waals surface area contributed by atoms with Gasteiger partial charge in [0, 0.05) is 18.4 Å². The molecule has 2 aromatic heterocycles. The fraction of sp³-hybridized carbons (Fsp3) is 0.462. The van der Waals surface area contributed by atoms with E-state index in [1.165, 1.54) is 4.68 Å². The van der Waals surface area contributed by atoms with Crippen molar-refractivity contribution in [2.24, 2.45) is 0 Å². The SMILES string of the molecule is CC(Cn1cccn1)Nc1cnn(C(C)C)c(=O)c1Br. The largest absolute Gasteiger partial charge is 0.378 e. The van der Waals surface area contributed by atoms with Crippen LogP contribution >= 0.6 is 15.9 Å². The lowest BCUT2D eigenvalue weighted by Gasteiger charge is -2.17. The van der Waals surface area contributed by atoms with Gasteiger partial charge in [-0.2, -0.15) is 10.2 Å². The number of hydrogen-bond acceptors (Lipinski definition) is 4. The molecule has 0 bridgehead atoms. The predicted octanol–water partition coefficient (Wildman–Crippen LogP) is 2.28. The summed E-state index contributed by atoms with van der Waals surface area (Å²) in [5, 5.41) is 11.6. The first-order valence-electron chi connectivity index (χ1n) is 6.50. The molecule has 0 aliphatic carbocycles. The van der Waals surface area contributed by atoms with Crippen LogP contribution in [-0.4, -0.2) is 25.6 Å². The second kappa shape index (κ2) is 6.21. The van der Waals surface area contributed by atoms with Crippen LogP contribution in [0.25, 0.3) is 0 Å². The maximum atomic E-state index is 12.1. The average Bonchev–Trinajstić information content (AvgIpc) is 2.87. The molecular formula is C13H18BrN5O. The van der Waals surface area contributed by atoms with Gasteiger partial charge in [-0.3, -0.25) is 9.48 Å². The van der Waals surface area contributed by atoms with Gasteiger partial charge in [0.2, 0.25) is 0 Å². The molecule has 0 saturated carbocycles. The first-order chi connectivity index (χ1) is 9.49. The maximum absolute atomic E-state index is 12.1. The van der Waals surface area contributed by atoms with Crippen molar-refractivity contribution in [1.29, 1.82) is 0 Å². The van der Waals surface area contributed by atoms with Crippen molar-refractivity contribution in [2.75, 3.05) is 5.32 Å². The topological polar surface area (TPSA) is 64.7 Å². The lowest BCUT2D eigenvalue weighted by atomic mass is 10.3. The van der Waals surface area contributed by atoms with Gasteiger partial charge in [-0.05, 0) is 42.8 Å². The van der Waals surface area contributed by atoms with E-state index in [2.05, 4.69) is 31.4 Å². The fourth-order valence-electron chi connectivity index (χ4n) is 1.91. The van der Waals surface area contributed by atoms with E-state index in [-0.39, 0.29) is 17.6 Å². The molecule has 0 aliphatic heterocycles. The number of halogens is 1. The number of nitrogens with zero attached hydrogens (tertiary/aromatic N) is 4. The Kier molecular flexibility index (Phi) is 4.59. The standard InChI is InChI=1S/C13H18BrN5O/c1-9(2)19-13(20)12(14)11(7-16-19)17-10(3)8-18-6-4-5-15-18/h4-7,9-10,17H,8H2,1-3H3. The van der Waals surface area contributed by atoms with E-state index in [0.29, 0.717) is 16.7 Å². The van der Waals surface area contributed by atoms with Crippen LogP contribution in [0.3, 0.4) is 0 Å². The molecular weight excluding hydrogens is 322 g/mol. The van der Waals surface area contributed by atoms with Crippen LogP contribution in [0, 0.1) is 0 Å². The molecule has 0 aromatic carbocycles. The molecule has 20 heavy (non-hydrogen) atoms. The molecule has 0 spiro atoms. The van der Waals surface area contributed by atoms with Crippen LogP contribution in [0.4, 0.5) is 5.69 Å². The highest BCUT2D eigenvalue weighted by Crippen LogP contribution is 2.18. The van der Waals surface area contributed by atoms with Crippen molar-refractivity contribution < 1.29 is 0 Å². The van der Waals surface area contributed by atoms with Gasteiger partial charge in [0.05, 0.1) is 24.5 Å². The van der Waals surface area contributed by atoms with Crippen LogP contribution < -0.4 is 10.9 Å². The summed E-state index contributed by atoms with van der Waals surface area (Å²) < 4.78 is 3.80. The highest BCUT2D eigenvalue weighted by molar-refractivity contribution is 9.10. The van der Waals surface area contributed by atoms with Crippen LogP contribution in [0.15, 0.2) is 33.9 Å². The molecule has 2 rings (SSSR count). The first kappa shape index (κ1) is 14.8. The van der Waals surface area contributed by atoms with E-state index in [0.717, 1.165) is 0 Å². The summed E-state index contributed by atoms with van der Waals surface area (Å²) in [5.74, 6) is 0. The van der Waals surface area contributed by atoms with Gasteiger partial charge >= 0.3 is 0 Å². The predicted molar refractivity (Wildman–Crippen MR) is 81.9 cm³/mol. The van der Waals surface area contributed by atoms with Gasteiger partial charge in [0.25, 0.3) is 5.56 Å². The quantitative estimate of drug-likeness (QED) is 0.907. The minimum absolute atomic E-state index is 0.0364. The van der Waals surface area contributed by atoms with Crippen molar-refractivity contribution in [1.82, 2.24) is 19.6 Å². The number of rotatable bonds is 5. The van der Waals surface area contributed by atoms with E-state index >= 15 is 0 Å². The van der Waals surface area contributed by atoms with E-state index in [4.69, 9.17) is 0 Å². The molecule has 6 nitrogen and oxygen atoms in total. The molecule has 7 heteroatoms. The van der Waals surface area contributed by atoms with Gasteiger partial charge in [-0.15, -0.1) is 0 Å². The van der Waals surface area contributed by atoms with Crippen molar-refractivity contribution in [2.45, 2.75) is 39.4 Å². The van der Waals surface area contributed by atoms with Gasteiger partial charge in [0.15, 0.2) is 0 Å². The third-order valence-corrected chi connectivity index (χ3v) is 3.62. The minimum atomic E-state index is -0.128. The molecule has 1 unspecified atom stereocenters. The van der Waals surface area contributed by atoms with E-state index < -0.39 is 0 Å². The first-order valence-corrected chi connectivity index (χ1v) is 7.29. The van der Waals surface area contributed by atoms with E-state index in [9.17, 15) is 4.79 Å². The lowest BCUT2D eigenvalue weighted by molar-refractivity contribution is 0.500. The zero-order valence-electron chi connectivity index (χ0n) is 11.7. The third kappa shape index (κ3) is 3.27. The summed E-state index contributed by atoms with van der Waals surface area (Å²) >= 11 is 3.35. The summed E-state index contributed by atoms with van der Waals surface area (Å²) in [6, 6.07) is 2.05. The Hall–Kier alpha value is -1.63. The Morgan fingerprint density at radius 2 is 2.10 bits per heavy atom. The Morgan fingerprint density at radius 1 is 1.35 bits per heavy atom. The molecule has 108 valence electrons. The number of hydrogen-bond donors (Lipinski definition) is 1. The molecule has 2 aromatic rings. The molecule has 0 amide bonds. The molecule has 0 fully saturated rings. The number of anilines is 1. The van der Waals surface area contributed by atoms with E-state index in [1.807, 2.05) is 37.7 Å². The summed E-state index contributed by atoms with van der Waals surface area (Å²) in [7, 11) is 0. The summed E-state index contributed by atoms with van der Waals surface area (Å²) in [4.78, 5) is 12.1. The second-order valence-electron chi connectivity index (χ2n) is 4.99. The van der Waals surface area contributed by atoms with Crippen molar-refractivity contribution in [3.05, 3.63) is 39.5 Å². The molecule has 0 saturated heterocycles. The maximum Gasteiger partial charge on any atom is 0.283 e. The zero-order chi connectivity index (χ0) is 14.7. The Balaban J connectivity index is 2.14. The van der Waals surface area contributed by atoms with Gasteiger partial charge in [-0.1, -0.05) is 0 Å². The fourth-order valence-corrected chi connectivity index (χ4v) is 2.31. The van der Waals surface area contributed by atoms with Gasteiger partial charge in [0.1, 0.15) is 4.47 Å². The zero-order valence-corrected chi connectivity index (χ0v) is 13.3. The summed E-state index contributed by atoms with van der Waals surface area (Å²) in [5.41, 5.74) is 0.572. The van der Waals surface area contributed by atoms with Crippen LogP contribution in [0.1, 0.15) is 26.8 Å². The van der Waals surface area contributed by atoms with Crippen molar-refractivity contribution in [3.8, 4) is 0 Å². The molecule has 0 aliphatic rings. The molecule has 0 radical (unpaired) electrons. The number of aromatic nitrogens is 4. The summed E-state index contributed by atoms with van der Waals surface area (Å²) in [6.07, 6.45) is 5.32. The monoisotopic (exact) mass is 339 g/mol. The highest BCUT2D eigenvalue weighted by Gasteiger charge is 2.12. The molecule has 1 atom stereocenters. The minimum Gasteiger partial charge on any atom is -0.378 e. The van der Waals surface area contributed by atoms with Crippen LogP contribution in [0.5, 0.6) is 0 Å².